The molecule has 2 unspecified atom stereocenters. The van der Waals surface area contributed by atoms with E-state index in [-0.39, 0.29) is 100 Å². The van der Waals surface area contributed by atoms with Gasteiger partial charge >= 0.3 is 6.01 Å². The molecule has 8 heterocycles. The summed E-state index contributed by atoms with van der Waals surface area (Å²) in [5.41, 5.74) is 2.79. The Balaban J connectivity index is 0.677. The summed E-state index contributed by atoms with van der Waals surface area (Å²) >= 11 is 6.43. The van der Waals surface area contributed by atoms with E-state index < -0.39 is 29.7 Å². The molecule has 414 valence electrons. The Bertz CT molecular complexity index is 3550. The smallest absolute Gasteiger partial charge is 0.319 e. The second-order valence-electron chi connectivity index (χ2n) is 22.8. The zero-order chi connectivity index (χ0) is 55.6. The van der Waals surface area contributed by atoms with Crippen LogP contribution in [-0.4, -0.2) is 135 Å². The van der Waals surface area contributed by atoms with Crippen LogP contribution in [0.5, 0.6) is 11.8 Å². The minimum Gasteiger partial charge on any atom is -0.508 e. The van der Waals surface area contributed by atoms with Crippen molar-refractivity contribution in [3.8, 4) is 46.5 Å². The third-order valence-corrected chi connectivity index (χ3v) is 17.4. The van der Waals surface area contributed by atoms with Crippen molar-refractivity contribution in [3.63, 3.8) is 0 Å². The first-order valence-corrected chi connectivity index (χ1v) is 28.0. The Hall–Kier alpha value is -7.43. The highest BCUT2D eigenvalue weighted by atomic mass is 35.5. The summed E-state index contributed by atoms with van der Waals surface area (Å²) in [6.07, 6.45) is 10.5. The van der Waals surface area contributed by atoms with E-state index in [1.807, 2.05) is 75.4 Å². The van der Waals surface area contributed by atoms with Gasteiger partial charge in [0.25, 0.3) is 0 Å². The number of aromatic nitrogens is 4. The van der Waals surface area contributed by atoms with Gasteiger partial charge in [-0.25, -0.2) is 8.78 Å². The van der Waals surface area contributed by atoms with Crippen molar-refractivity contribution >= 4 is 56.7 Å². The summed E-state index contributed by atoms with van der Waals surface area (Å²) in [5.74, 6) is 0.915. The zero-order valence-electron chi connectivity index (χ0n) is 44.8. The number of halogens is 3. The number of pyridine rings is 1. The number of nitrogens with one attached hydrogen (secondary N) is 2. The van der Waals surface area contributed by atoms with Crippen molar-refractivity contribution in [2.24, 2.45) is 11.3 Å². The highest BCUT2D eigenvalue weighted by Crippen LogP contribution is 2.44. The number of fused-ring (bicyclic) bond motifs is 4. The number of anilines is 2. The molecule has 5 aliphatic heterocycles. The number of carbonyl (C=O) groups excluding carboxylic acids is 2. The number of rotatable bonds is 14. The number of aliphatic hydroxyl groups excluding tert-OH is 1. The van der Waals surface area contributed by atoms with E-state index in [1.54, 1.807) is 0 Å². The lowest BCUT2D eigenvalue weighted by molar-refractivity contribution is -0.141. The quantitative estimate of drug-likeness (QED) is 0.0759. The number of ether oxygens (including phenoxy) is 1. The Labute approximate surface area is 467 Å². The van der Waals surface area contributed by atoms with Gasteiger partial charge in [-0.05, 0) is 92.4 Å². The van der Waals surface area contributed by atoms with Crippen molar-refractivity contribution in [3.05, 3.63) is 119 Å². The van der Waals surface area contributed by atoms with Crippen molar-refractivity contribution in [1.29, 1.82) is 0 Å². The van der Waals surface area contributed by atoms with Gasteiger partial charge < -0.3 is 44.8 Å². The number of hydrogen-bond acceptors (Lipinski definition) is 14. The van der Waals surface area contributed by atoms with Crippen molar-refractivity contribution in [2.45, 2.75) is 89.1 Å². The average molecular weight is 1110 g/mol. The van der Waals surface area contributed by atoms with E-state index in [0.29, 0.717) is 52.8 Å². The van der Waals surface area contributed by atoms with Crippen LogP contribution >= 0.6 is 11.6 Å². The van der Waals surface area contributed by atoms with Crippen LogP contribution in [0.1, 0.15) is 81.7 Å². The van der Waals surface area contributed by atoms with Gasteiger partial charge in [-0.15, -0.1) is 6.42 Å². The fraction of sp³-hybridized carbons (Fsp3) is 0.410. The summed E-state index contributed by atoms with van der Waals surface area (Å²) < 4.78 is 44.4. The third-order valence-electron chi connectivity index (χ3n) is 17.1. The number of piperidine rings is 1. The van der Waals surface area contributed by atoms with Crippen LogP contribution in [0.25, 0.3) is 44.1 Å². The second kappa shape index (κ2) is 21.6. The fourth-order valence-electron chi connectivity index (χ4n) is 12.8. The molecule has 16 nitrogen and oxygen atoms in total. The summed E-state index contributed by atoms with van der Waals surface area (Å²) in [7, 11) is 0. The highest BCUT2D eigenvalue weighted by Gasteiger charge is 2.47. The van der Waals surface area contributed by atoms with Gasteiger partial charge in [0.15, 0.2) is 17.4 Å². The number of aliphatic hydroxyl groups is 1. The number of aromatic hydroxyl groups is 1. The first-order chi connectivity index (χ1) is 38.6. The molecule has 4 aromatic carbocycles. The lowest BCUT2D eigenvalue weighted by Crippen LogP contribution is -2.60. The van der Waals surface area contributed by atoms with Gasteiger partial charge in [-0.1, -0.05) is 85.1 Å². The number of amides is 2. The van der Waals surface area contributed by atoms with Crippen LogP contribution < -0.4 is 25.2 Å². The van der Waals surface area contributed by atoms with Crippen LogP contribution in [0, 0.1) is 35.3 Å². The SMILES string of the molecule is C#Cc1c(F)ccc2cc(O)cc(-c3ncc4c(N5CC6CCC(C5)N6)nc(OCCN5CCC6(CC5)CN(c5cc([C@H](C(=O)N7C[C@H](O)C[C@H]7C(=O)N[C@@H](C)c7ccc(-c8ccccc8Cl)cc7)C(C)C)on5)C6)nc4c3F)c12. The first-order valence-electron chi connectivity index (χ1n) is 27.6. The molecule has 19 heteroatoms. The molecule has 12 rings (SSSR count). The van der Waals surface area contributed by atoms with E-state index in [9.17, 15) is 19.8 Å². The first kappa shape index (κ1) is 53.2. The molecule has 4 N–H and O–H groups in total. The van der Waals surface area contributed by atoms with E-state index in [2.05, 4.69) is 46.4 Å². The Morgan fingerprint density at radius 2 is 1.71 bits per heavy atom. The topological polar surface area (TPSA) is 186 Å². The second-order valence-corrected chi connectivity index (χ2v) is 23.2. The van der Waals surface area contributed by atoms with Crippen LogP contribution in [0.4, 0.5) is 20.4 Å². The zero-order valence-corrected chi connectivity index (χ0v) is 45.6. The summed E-state index contributed by atoms with van der Waals surface area (Å²) in [6.45, 7) is 11.3. The number of terminal acetylenes is 1. The largest absolute Gasteiger partial charge is 0.508 e. The summed E-state index contributed by atoms with van der Waals surface area (Å²) in [6, 6.07) is 22.2. The summed E-state index contributed by atoms with van der Waals surface area (Å²) in [5, 5.41) is 34.5. The number of phenols is 1. The Kier molecular flexibility index (Phi) is 14.3. The molecular weight excluding hydrogens is 1040 g/mol. The molecule has 5 saturated heterocycles. The number of likely N-dealkylation sites (tertiary alicyclic amines) is 2. The molecule has 5 fully saturated rings. The number of nitrogens with zero attached hydrogens (tertiary/aromatic N) is 8. The monoisotopic (exact) mass is 1100 g/mol. The molecule has 1 spiro atoms. The van der Waals surface area contributed by atoms with Gasteiger partial charge in [-0.3, -0.25) is 19.5 Å². The molecule has 80 heavy (non-hydrogen) atoms. The van der Waals surface area contributed by atoms with Crippen molar-refractivity contribution in [1.82, 2.24) is 40.5 Å². The Morgan fingerprint density at radius 3 is 2.44 bits per heavy atom. The molecular formula is C61H63ClF2N10O6. The average Bonchev–Trinajstić information content (AvgIpc) is 4.19. The van der Waals surface area contributed by atoms with Gasteiger partial charge in [0.1, 0.15) is 47.2 Å². The molecule has 2 bridgehead atoms. The summed E-state index contributed by atoms with van der Waals surface area (Å²) in [4.78, 5) is 50.6. The van der Waals surface area contributed by atoms with Gasteiger partial charge in [-0.2, -0.15) is 9.97 Å². The van der Waals surface area contributed by atoms with Crippen LogP contribution in [0.3, 0.4) is 0 Å². The van der Waals surface area contributed by atoms with Gasteiger partial charge in [0.2, 0.25) is 11.8 Å². The lowest BCUT2D eigenvalue weighted by atomic mass is 9.72. The maximum atomic E-state index is 17.1. The van der Waals surface area contributed by atoms with Crippen LogP contribution in [-0.2, 0) is 9.59 Å². The number of β-amino-alcohol motifs (C(OH)–C–C–N with tert-alkyl or cyclic N) is 1. The highest BCUT2D eigenvalue weighted by molar-refractivity contribution is 6.33. The van der Waals surface area contributed by atoms with E-state index >= 15 is 8.78 Å². The third kappa shape index (κ3) is 10.1. The minimum atomic E-state index is -0.856. The molecule has 0 saturated carbocycles. The van der Waals surface area contributed by atoms with E-state index in [1.165, 1.54) is 35.4 Å². The van der Waals surface area contributed by atoms with Crippen molar-refractivity contribution < 1.29 is 37.8 Å². The van der Waals surface area contributed by atoms with Crippen LogP contribution in [0.2, 0.25) is 5.02 Å². The van der Waals surface area contributed by atoms with Crippen molar-refractivity contribution in [2.75, 3.05) is 68.8 Å². The van der Waals surface area contributed by atoms with Gasteiger partial charge in [0, 0.05) is 97.0 Å². The predicted molar refractivity (Wildman–Crippen MR) is 301 cm³/mol. The number of benzene rings is 4. The molecule has 0 aliphatic carbocycles. The normalized spacial score (nSPS) is 21.5. The minimum absolute atomic E-state index is 0.00400. The maximum absolute atomic E-state index is 17.1. The Morgan fingerprint density at radius 1 is 0.963 bits per heavy atom. The standard InChI is InChI=1S/C61H63ClF2N10O6/c1-5-43-48(63)17-14-38-24-41(75)25-45(53(38)43)55-54(64)56-46(28-65-55)57(72-29-39-15-16-40(30-72)67-39)69-60(68-56)79-23-22-71-20-18-61(19-21-71)32-73(33-61)51-27-50(80-70-51)52(34(2)3)59(78)74-31-42(76)26-49(74)58(77)66-35(4)36-10-12-37(13-11-36)44-8-6-7-9-47(44)62/h1,6-14,17,24-25,27-28,34-35,39-40,42,49,52,67,75-76H,15-16,18-23,26,29-33H2,2-4H3,(H,66,77)/t35-,39?,40?,42+,49-,52+/m0/s1. The molecule has 6 atom stereocenters. The predicted octanol–water partition coefficient (Wildman–Crippen LogP) is 8.62. The molecule has 7 aromatic rings. The molecule has 0 radical (unpaired) electrons. The number of hydrogen-bond donors (Lipinski definition) is 4. The van der Waals surface area contributed by atoms with E-state index in [4.69, 9.17) is 32.3 Å². The molecule has 2 amide bonds. The molecule has 5 aliphatic rings. The van der Waals surface area contributed by atoms with Gasteiger partial charge in [0.05, 0.1) is 23.1 Å². The number of piperazine rings is 1. The maximum Gasteiger partial charge on any atom is 0.319 e. The number of carbonyl (C=O) groups is 2. The molecule has 3 aromatic heterocycles. The van der Waals surface area contributed by atoms with E-state index in [0.717, 1.165) is 68.6 Å². The lowest BCUT2D eigenvalue weighted by Gasteiger charge is -2.54. The fourth-order valence-corrected chi connectivity index (χ4v) is 13.1. The van der Waals surface area contributed by atoms with Crippen LogP contribution in [0.15, 0.2) is 89.6 Å². The number of phenolic OH excluding ortho intramolecular Hbond substituents is 1.